The molecule has 0 heterocycles. The van der Waals surface area contributed by atoms with E-state index in [1.54, 1.807) is 0 Å². The van der Waals surface area contributed by atoms with Crippen LogP contribution in [0.25, 0.3) is 0 Å². The second-order valence-electron chi connectivity index (χ2n) is 29.5. The molecule has 0 rings (SSSR count). The lowest BCUT2D eigenvalue weighted by atomic mass is 10.0. The number of amides is 1. The highest BCUT2D eigenvalue weighted by Crippen LogP contribution is 2.21. The van der Waals surface area contributed by atoms with Crippen molar-refractivity contribution < 1.29 is 24.5 Å². The summed E-state index contributed by atoms with van der Waals surface area (Å²) in [5.41, 5.74) is 0. The van der Waals surface area contributed by atoms with Crippen LogP contribution in [-0.4, -0.2) is 47.4 Å². The number of hydrogen-bond acceptors (Lipinski definition) is 5. The number of aliphatic hydroxyl groups excluding tert-OH is 2. The zero-order chi connectivity index (χ0) is 64.9. The predicted molar refractivity (Wildman–Crippen MR) is 398 cm³/mol. The van der Waals surface area contributed by atoms with Gasteiger partial charge in [-0.15, -0.1) is 0 Å². The van der Waals surface area contributed by atoms with E-state index in [1.165, 1.54) is 430 Å². The van der Waals surface area contributed by atoms with Crippen molar-refractivity contribution in [3.05, 3.63) is 0 Å². The van der Waals surface area contributed by atoms with Gasteiger partial charge in [-0.1, -0.05) is 463 Å². The first-order chi connectivity index (χ1) is 44.5. The van der Waals surface area contributed by atoms with Gasteiger partial charge in [0.05, 0.1) is 25.4 Å². The molecule has 0 aromatic carbocycles. The van der Waals surface area contributed by atoms with Gasteiger partial charge in [0.2, 0.25) is 5.91 Å². The van der Waals surface area contributed by atoms with Gasteiger partial charge in [0, 0.05) is 12.8 Å². The molecule has 0 saturated carbocycles. The molecule has 2 atom stereocenters. The third kappa shape index (κ3) is 75.9. The minimum atomic E-state index is -0.661. The Kier molecular flexibility index (Phi) is 79.3. The van der Waals surface area contributed by atoms with Crippen molar-refractivity contribution in [1.82, 2.24) is 5.32 Å². The van der Waals surface area contributed by atoms with Crippen LogP contribution in [-0.2, 0) is 14.3 Å². The highest BCUT2D eigenvalue weighted by molar-refractivity contribution is 5.76. The van der Waals surface area contributed by atoms with E-state index in [1.807, 2.05) is 0 Å². The number of esters is 1. The van der Waals surface area contributed by atoms with Crippen LogP contribution in [0.3, 0.4) is 0 Å². The monoisotopic (exact) mass is 1270 g/mol. The summed E-state index contributed by atoms with van der Waals surface area (Å²) < 4.78 is 5.52. The smallest absolute Gasteiger partial charge is 0.305 e. The molecule has 0 bridgehead atoms. The number of hydrogen-bond donors (Lipinski definition) is 3. The molecular weight excluding hydrogens is 1100 g/mol. The fourth-order valence-electron chi connectivity index (χ4n) is 14.0. The SMILES string of the molecule is CCCCCCCCCCCCCCCCCCCCCCCCC(O)C(CO)NC(=O)CCCCCCCCCCCCCCCCCCCCCCCCCCCCCCCCCCCCCOC(=O)CCCCCCCCCCCCCCCCCC. The van der Waals surface area contributed by atoms with E-state index in [4.69, 9.17) is 4.74 Å². The fraction of sp³-hybridized carbons (Fsp3) is 0.976. The molecule has 538 valence electrons. The molecule has 0 aromatic heterocycles. The minimum absolute atomic E-state index is 0.0231. The average molecular weight is 1270 g/mol. The predicted octanol–water partition coefficient (Wildman–Crippen LogP) is 28.1. The maximum Gasteiger partial charge on any atom is 0.305 e. The number of unbranched alkanes of at least 4 members (excludes halogenated alkanes) is 70. The largest absolute Gasteiger partial charge is 0.466 e. The maximum absolute atomic E-state index is 12.6. The molecule has 0 aromatic rings. The zero-order valence-corrected chi connectivity index (χ0v) is 61.9. The van der Waals surface area contributed by atoms with Crippen LogP contribution in [0.4, 0.5) is 0 Å². The summed E-state index contributed by atoms with van der Waals surface area (Å²) in [5.74, 6) is 0.00465. The summed E-state index contributed by atoms with van der Waals surface area (Å²) in [5, 5.41) is 23.5. The number of rotatable bonds is 81. The summed E-state index contributed by atoms with van der Waals surface area (Å²) >= 11 is 0. The lowest BCUT2D eigenvalue weighted by Crippen LogP contribution is -2.45. The van der Waals surface area contributed by atoms with Gasteiger partial charge in [-0.3, -0.25) is 9.59 Å². The lowest BCUT2D eigenvalue weighted by Gasteiger charge is -2.22. The van der Waals surface area contributed by atoms with E-state index in [2.05, 4.69) is 19.2 Å². The molecule has 0 aliphatic carbocycles. The van der Waals surface area contributed by atoms with Crippen LogP contribution in [0.2, 0.25) is 0 Å². The number of ether oxygens (including phenoxy) is 1. The summed E-state index contributed by atoms with van der Waals surface area (Å²) in [4.78, 5) is 24.7. The Hall–Kier alpha value is -1.14. The van der Waals surface area contributed by atoms with E-state index in [9.17, 15) is 19.8 Å². The molecule has 0 spiro atoms. The van der Waals surface area contributed by atoms with Gasteiger partial charge in [-0.05, 0) is 25.7 Å². The van der Waals surface area contributed by atoms with E-state index in [0.717, 1.165) is 38.5 Å². The molecule has 0 aliphatic rings. The van der Waals surface area contributed by atoms with Crippen LogP contribution >= 0.6 is 0 Å². The third-order valence-corrected chi connectivity index (χ3v) is 20.4. The topological polar surface area (TPSA) is 95.9 Å². The molecule has 6 heteroatoms. The standard InChI is InChI=1S/C84H167NO5/c1-3-5-7-9-11-13-15-17-19-21-22-23-39-42-45-48-52-56-60-64-68-72-76-82(87)81(80-86)85-83(88)77-73-69-65-61-57-53-49-46-43-40-37-35-33-31-29-27-25-24-26-28-30-32-34-36-38-41-44-47-51-55-59-63-67-71-75-79-90-84(89)78-74-70-66-62-58-54-50-20-18-16-14-12-10-8-6-4-2/h81-82,86-87H,3-80H2,1-2H3,(H,85,88). The Morgan fingerprint density at radius 3 is 0.678 bits per heavy atom. The second-order valence-corrected chi connectivity index (χ2v) is 29.5. The summed E-state index contributed by atoms with van der Waals surface area (Å²) in [6.07, 6.45) is 101. The van der Waals surface area contributed by atoms with E-state index < -0.39 is 12.1 Å². The molecule has 6 nitrogen and oxygen atoms in total. The van der Waals surface area contributed by atoms with Crippen LogP contribution in [0.5, 0.6) is 0 Å². The minimum Gasteiger partial charge on any atom is -0.466 e. The highest BCUT2D eigenvalue weighted by atomic mass is 16.5. The molecule has 0 saturated heterocycles. The summed E-state index contributed by atoms with van der Waals surface area (Å²) in [6, 6.07) is -0.538. The first kappa shape index (κ1) is 88.9. The molecule has 90 heavy (non-hydrogen) atoms. The average Bonchev–Trinajstić information content (AvgIpc) is 3.58. The third-order valence-electron chi connectivity index (χ3n) is 20.4. The van der Waals surface area contributed by atoms with E-state index >= 15 is 0 Å². The molecule has 0 fully saturated rings. The Balaban J connectivity index is 3.30. The number of nitrogens with one attached hydrogen (secondary N) is 1. The van der Waals surface area contributed by atoms with Crippen molar-refractivity contribution in [2.24, 2.45) is 0 Å². The second kappa shape index (κ2) is 80.3. The van der Waals surface area contributed by atoms with Crippen molar-refractivity contribution in [1.29, 1.82) is 0 Å². The fourth-order valence-corrected chi connectivity index (χ4v) is 14.0. The van der Waals surface area contributed by atoms with Crippen LogP contribution in [0, 0.1) is 0 Å². The van der Waals surface area contributed by atoms with Crippen LogP contribution < -0.4 is 5.32 Å². The first-order valence-corrected chi connectivity index (χ1v) is 42.3. The van der Waals surface area contributed by atoms with Crippen molar-refractivity contribution in [3.63, 3.8) is 0 Å². The van der Waals surface area contributed by atoms with Gasteiger partial charge in [-0.2, -0.15) is 0 Å². The van der Waals surface area contributed by atoms with Crippen LogP contribution in [0.1, 0.15) is 502 Å². The van der Waals surface area contributed by atoms with Gasteiger partial charge >= 0.3 is 5.97 Å². The van der Waals surface area contributed by atoms with Gasteiger partial charge < -0.3 is 20.3 Å². The molecule has 3 N–H and O–H groups in total. The quantitative estimate of drug-likeness (QED) is 0.0417. The Morgan fingerprint density at radius 2 is 0.456 bits per heavy atom. The molecule has 0 radical (unpaired) electrons. The lowest BCUT2D eigenvalue weighted by molar-refractivity contribution is -0.143. The number of aliphatic hydroxyl groups is 2. The molecule has 0 aliphatic heterocycles. The summed E-state index contributed by atoms with van der Waals surface area (Å²) in [7, 11) is 0. The van der Waals surface area contributed by atoms with Crippen molar-refractivity contribution in [2.45, 2.75) is 514 Å². The van der Waals surface area contributed by atoms with Crippen molar-refractivity contribution in [2.75, 3.05) is 13.2 Å². The molecule has 2 unspecified atom stereocenters. The number of carbonyl (C=O) groups is 2. The van der Waals surface area contributed by atoms with Gasteiger partial charge in [0.1, 0.15) is 0 Å². The first-order valence-electron chi connectivity index (χ1n) is 42.3. The van der Waals surface area contributed by atoms with E-state index in [-0.39, 0.29) is 18.5 Å². The molecule has 1 amide bonds. The van der Waals surface area contributed by atoms with Gasteiger partial charge in [0.25, 0.3) is 0 Å². The summed E-state index contributed by atoms with van der Waals surface area (Å²) in [6.45, 7) is 5.03. The zero-order valence-electron chi connectivity index (χ0n) is 61.9. The van der Waals surface area contributed by atoms with E-state index in [0.29, 0.717) is 25.9 Å². The Bertz CT molecular complexity index is 1320. The Morgan fingerprint density at radius 1 is 0.267 bits per heavy atom. The molecular formula is C84H167NO5. The van der Waals surface area contributed by atoms with Gasteiger partial charge in [0.15, 0.2) is 0 Å². The van der Waals surface area contributed by atoms with Crippen molar-refractivity contribution >= 4 is 11.9 Å². The maximum atomic E-state index is 12.6. The Labute approximate surface area is 566 Å². The van der Waals surface area contributed by atoms with Gasteiger partial charge in [-0.25, -0.2) is 0 Å². The van der Waals surface area contributed by atoms with Crippen molar-refractivity contribution in [3.8, 4) is 0 Å². The normalized spacial score (nSPS) is 12.4. The van der Waals surface area contributed by atoms with Crippen LogP contribution in [0.15, 0.2) is 0 Å². The number of carbonyl (C=O) groups excluding carboxylic acids is 2. The highest BCUT2D eigenvalue weighted by Gasteiger charge is 2.20.